The molecule has 3 heterocycles. The summed E-state index contributed by atoms with van der Waals surface area (Å²) in [4.78, 5) is 28.8. The highest BCUT2D eigenvalue weighted by Crippen LogP contribution is 2.29. The zero-order valence-electron chi connectivity index (χ0n) is 16.0. The Balaban J connectivity index is 1.24. The lowest BCUT2D eigenvalue weighted by molar-refractivity contribution is -0.115. The molecule has 0 bridgehead atoms. The van der Waals surface area contributed by atoms with Crippen molar-refractivity contribution in [3.8, 4) is 11.1 Å². The lowest BCUT2D eigenvalue weighted by Gasteiger charge is -2.46. The number of amides is 2. The van der Waals surface area contributed by atoms with Gasteiger partial charge in [-0.25, -0.2) is 0 Å². The lowest BCUT2D eigenvalue weighted by atomic mass is 9.99. The van der Waals surface area contributed by atoms with Crippen molar-refractivity contribution in [2.45, 2.75) is 31.7 Å². The van der Waals surface area contributed by atoms with Gasteiger partial charge in [0, 0.05) is 30.4 Å². The number of likely N-dealkylation sites (tertiary alicyclic amines) is 2. The van der Waals surface area contributed by atoms with Gasteiger partial charge in [-0.05, 0) is 66.9 Å². The summed E-state index contributed by atoms with van der Waals surface area (Å²) >= 11 is 0. The first kappa shape index (κ1) is 17.4. The Hall–Kier alpha value is -2.66. The predicted molar refractivity (Wildman–Crippen MR) is 109 cm³/mol. The predicted octanol–water partition coefficient (Wildman–Crippen LogP) is 3.16. The van der Waals surface area contributed by atoms with E-state index in [0.29, 0.717) is 12.5 Å². The monoisotopic (exact) mass is 375 g/mol. The molecular formula is C23H25N3O2. The molecule has 5 heteroatoms. The minimum atomic E-state index is 0.0468. The molecule has 5 rings (SSSR count). The Morgan fingerprint density at radius 3 is 2.39 bits per heavy atom. The van der Waals surface area contributed by atoms with Crippen LogP contribution in [0.4, 0.5) is 5.69 Å². The SMILES string of the molecule is O=C1Cc2cc(-c3ccc(C(=O)N4CC(N5CCCCC5)C4)cc3)ccc2N1. The molecule has 0 spiro atoms. The first-order chi connectivity index (χ1) is 13.7. The van der Waals surface area contributed by atoms with Gasteiger partial charge in [0.05, 0.1) is 6.42 Å². The number of nitrogens with zero attached hydrogens (tertiary/aromatic N) is 2. The molecule has 2 saturated heterocycles. The number of anilines is 1. The number of fused-ring (bicyclic) bond motifs is 1. The second-order valence-corrected chi connectivity index (χ2v) is 8.13. The van der Waals surface area contributed by atoms with Gasteiger partial charge in [-0.2, -0.15) is 0 Å². The lowest BCUT2D eigenvalue weighted by Crippen LogP contribution is -2.61. The van der Waals surface area contributed by atoms with Crippen LogP contribution < -0.4 is 5.32 Å². The molecule has 3 aliphatic rings. The first-order valence-electron chi connectivity index (χ1n) is 10.2. The van der Waals surface area contributed by atoms with Crippen molar-refractivity contribution in [1.82, 2.24) is 9.80 Å². The van der Waals surface area contributed by atoms with Crippen LogP contribution in [0.5, 0.6) is 0 Å². The Kier molecular flexibility index (Phi) is 4.40. The number of carbonyl (C=O) groups excluding carboxylic acids is 2. The van der Waals surface area contributed by atoms with Crippen molar-refractivity contribution < 1.29 is 9.59 Å². The highest BCUT2D eigenvalue weighted by atomic mass is 16.2. The average Bonchev–Trinajstić information content (AvgIpc) is 3.07. The maximum atomic E-state index is 12.8. The highest BCUT2D eigenvalue weighted by molar-refractivity contribution is 6.00. The van der Waals surface area contributed by atoms with E-state index in [1.165, 1.54) is 32.4 Å². The molecule has 0 atom stereocenters. The molecule has 2 amide bonds. The van der Waals surface area contributed by atoms with Gasteiger partial charge < -0.3 is 10.2 Å². The molecule has 0 radical (unpaired) electrons. The largest absolute Gasteiger partial charge is 0.335 e. The van der Waals surface area contributed by atoms with Gasteiger partial charge >= 0.3 is 0 Å². The van der Waals surface area contributed by atoms with Crippen LogP contribution in [0.2, 0.25) is 0 Å². The minimum absolute atomic E-state index is 0.0468. The van der Waals surface area contributed by atoms with Gasteiger partial charge in [-0.3, -0.25) is 14.5 Å². The van der Waals surface area contributed by atoms with Crippen LogP contribution in [0.3, 0.4) is 0 Å². The van der Waals surface area contributed by atoms with E-state index in [1.807, 2.05) is 41.3 Å². The standard InChI is InChI=1S/C23H25N3O2/c27-22-13-19-12-18(8-9-21(19)24-22)16-4-6-17(7-5-16)23(28)26-14-20(15-26)25-10-2-1-3-11-25/h4-9,12,20H,1-3,10-11,13-15H2,(H,24,27). The van der Waals surface area contributed by atoms with Crippen LogP contribution in [0, 0.1) is 0 Å². The second-order valence-electron chi connectivity index (χ2n) is 8.13. The van der Waals surface area contributed by atoms with E-state index in [2.05, 4.69) is 16.3 Å². The van der Waals surface area contributed by atoms with Crippen molar-refractivity contribution in [3.05, 3.63) is 53.6 Å². The van der Waals surface area contributed by atoms with Crippen LogP contribution in [-0.4, -0.2) is 53.8 Å². The van der Waals surface area contributed by atoms with Crippen molar-refractivity contribution >= 4 is 17.5 Å². The second kappa shape index (κ2) is 7.06. The van der Waals surface area contributed by atoms with Crippen LogP contribution >= 0.6 is 0 Å². The number of hydrogen-bond acceptors (Lipinski definition) is 3. The topological polar surface area (TPSA) is 52.7 Å². The summed E-state index contributed by atoms with van der Waals surface area (Å²) < 4.78 is 0. The van der Waals surface area contributed by atoms with Gasteiger partial charge in [0.15, 0.2) is 0 Å². The fourth-order valence-corrected chi connectivity index (χ4v) is 4.53. The molecule has 144 valence electrons. The quantitative estimate of drug-likeness (QED) is 0.897. The van der Waals surface area contributed by atoms with Crippen LogP contribution in [0.25, 0.3) is 11.1 Å². The Bertz CT molecular complexity index is 910. The smallest absolute Gasteiger partial charge is 0.253 e. The van der Waals surface area contributed by atoms with Crippen LogP contribution in [-0.2, 0) is 11.2 Å². The van der Waals surface area contributed by atoms with Gasteiger partial charge in [-0.1, -0.05) is 24.6 Å². The molecule has 0 unspecified atom stereocenters. The maximum absolute atomic E-state index is 12.8. The number of carbonyl (C=O) groups is 2. The molecule has 2 aromatic carbocycles. The van der Waals surface area contributed by atoms with E-state index in [-0.39, 0.29) is 11.8 Å². The van der Waals surface area contributed by atoms with Gasteiger partial charge in [0.1, 0.15) is 0 Å². The normalized spacial score (nSPS) is 19.9. The molecule has 0 saturated carbocycles. The first-order valence-corrected chi connectivity index (χ1v) is 10.2. The van der Waals surface area contributed by atoms with E-state index in [4.69, 9.17) is 0 Å². The summed E-state index contributed by atoms with van der Waals surface area (Å²) in [6.07, 6.45) is 4.36. The third kappa shape index (κ3) is 3.20. The van der Waals surface area contributed by atoms with E-state index >= 15 is 0 Å². The van der Waals surface area contributed by atoms with E-state index < -0.39 is 0 Å². The highest BCUT2D eigenvalue weighted by Gasteiger charge is 2.35. The third-order valence-electron chi connectivity index (χ3n) is 6.25. The van der Waals surface area contributed by atoms with Crippen molar-refractivity contribution in [3.63, 3.8) is 0 Å². The zero-order valence-corrected chi connectivity index (χ0v) is 16.0. The fourth-order valence-electron chi connectivity index (χ4n) is 4.53. The molecule has 28 heavy (non-hydrogen) atoms. The van der Waals surface area contributed by atoms with E-state index in [0.717, 1.165) is 41.0 Å². The molecule has 3 aliphatic heterocycles. The summed E-state index contributed by atoms with van der Waals surface area (Å²) in [7, 11) is 0. The van der Waals surface area contributed by atoms with Crippen LogP contribution in [0.15, 0.2) is 42.5 Å². The average molecular weight is 375 g/mol. The zero-order chi connectivity index (χ0) is 19.1. The number of piperidine rings is 1. The van der Waals surface area contributed by atoms with Crippen molar-refractivity contribution in [2.75, 3.05) is 31.5 Å². The van der Waals surface area contributed by atoms with E-state index in [1.54, 1.807) is 0 Å². The third-order valence-corrected chi connectivity index (χ3v) is 6.25. The molecule has 0 aromatic heterocycles. The Labute approximate surface area is 165 Å². The molecular weight excluding hydrogens is 350 g/mol. The summed E-state index contributed by atoms with van der Waals surface area (Å²) in [5, 5.41) is 2.86. The molecule has 2 fully saturated rings. The van der Waals surface area contributed by atoms with Crippen molar-refractivity contribution in [2.24, 2.45) is 0 Å². The maximum Gasteiger partial charge on any atom is 0.253 e. The molecule has 5 nitrogen and oxygen atoms in total. The number of benzene rings is 2. The van der Waals surface area contributed by atoms with E-state index in [9.17, 15) is 9.59 Å². The summed E-state index contributed by atoms with van der Waals surface area (Å²) in [5.74, 6) is 0.175. The van der Waals surface area contributed by atoms with Crippen molar-refractivity contribution in [1.29, 1.82) is 0 Å². The minimum Gasteiger partial charge on any atom is -0.335 e. The molecule has 0 aliphatic carbocycles. The summed E-state index contributed by atoms with van der Waals surface area (Å²) in [6.45, 7) is 4.07. The molecule has 2 aromatic rings. The molecule has 1 N–H and O–H groups in total. The Morgan fingerprint density at radius 2 is 1.64 bits per heavy atom. The number of hydrogen-bond donors (Lipinski definition) is 1. The fraction of sp³-hybridized carbons (Fsp3) is 0.391. The number of nitrogens with one attached hydrogen (secondary N) is 1. The van der Waals surface area contributed by atoms with Gasteiger partial charge in [-0.15, -0.1) is 0 Å². The van der Waals surface area contributed by atoms with Gasteiger partial charge in [0.2, 0.25) is 5.91 Å². The summed E-state index contributed by atoms with van der Waals surface area (Å²) in [6, 6.07) is 14.4. The number of rotatable bonds is 3. The van der Waals surface area contributed by atoms with Gasteiger partial charge in [0.25, 0.3) is 5.91 Å². The Morgan fingerprint density at radius 1 is 0.929 bits per heavy atom. The summed E-state index contributed by atoms with van der Waals surface area (Å²) in [5.41, 5.74) is 4.82. The van der Waals surface area contributed by atoms with Crippen LogP contribution in [0.1, 0.15) is 35.2 Å².